The van der Waals surface area contributed by atoms with Gasteiger partial charge in [0.15, 0.2) is 0 Å². The average molecular weight is 276 g/mol. The summed E-state index contributed by atoms with van der Waals surface area (Å²) in [5.41, 5.74) is 1.36. The average Bonchev–Trinajstić information content (AvgIpc) is 2.93. The fourth-order valence-electron chi connectivity index (χ4n) is 4.41. The molecular formula is C16H28N4. The summed E-state index contributed by atoms with van der Waals surface area (Å²) < 4.78 is 2.31. The molecule has 2 bridgehead atoms. The van der Waals surface area contributed by atoms with Crippen molar-refractivity contribution in [3.8, 4) is 0 Å². The van der Waals surface area contributed by atoms with Gasteiger partial charge in [-0.3, -0.25) is 4.90 Å². The second-order valence-electron chi connectivity index (χ2n) is 7.13. The monoisotopic (exact) mass is 276 g/mol. The van der Waals surface area contributed by atoms with E-state index >= 15 is 0 Å². The zero-order valence-electron chi connectivity index (χ0n) is 13.3. The van der Waals surface area contributed by atoms with Crippen molar-refractivity contribution in [2.45, 2.75) is 45.3 Å². The van der Waals surface area contributed by atoms with Crippen LogP contribution in [-0.4, -0.2) is 52.6 Å². The minimum absolute atomic E-state index is 0.503. The second-order valence-corrected chi connectivity index (χ2v) is 7.13. The van der Waals surface area contributed by atoms with Gasteiger partial charge in [-0.2, -0.15) is 0 Å². The Kier molecular flexibility index (Phi) is 3.87. The summed E-state index contributed by atoms with van der Waals surface area (Å²) >= 11 is 0. The summed E-state index contributed by atoms with van der Waals surface area (Å²) in [5, 5.41) is 0. The lowest BCUT2D eigenvalue weighted by molar-refractivity contribution is 0.0699. The maximum absolute atomic E-state index is 4.33. The van der Waals surface area contributed by atoms with E-state index in [9.17, 15) is 0 Å². The second kappa shape index (κ2) is 5.49. The highest BCUT2D eigenvalue weighted by Gasteiger charge is 2.42. The number of piperidine rings is 1. The van der Waals surface area contributed by atoms with Crippen LogP contribution in [0, 0.1) is 11.8 Å². The van der Waals surface area contributed by atoms with Crippen LogP contribution in [0.15, 0.2) is 12.5 Å². The molecule has 2 fully saturated rings. The van der Waals surface area contributed by atoms with Crippen molar-refractivity contribution in [2.24, 2.45) is 11.8 Å². The van der Waals surface area contributed by atoms with Gasteiger partial charge in [0.25, 0.3) is 0 Å². The molecule has 0 spiro atoms. The Morgan fingerprint density at radius 1 is 1.25 bits per heavy atom. The lowest BCUT2D eigenvalue weighted by Gasteiger charge is -2.41. The fraction of sp³-hybridized carbons (Fsp3) is 0.812. The Bertz CT molecular complexity index is 437. The standard InChI is InChI=1S/C16H28N4/c1-12(2)20-11-17-7-15(20)10-19-8-13-5-6-14(9-19)16(13)18(3)4/h7,11-14,16H,5-6,8-10H2,1-4H3. The molecule has 4 heteroatoms. The van der Waals surface area contributed by atoms with E-state index < -0.39 is 0 Å². The summed E-state index contributed by atoms with van der Waals surface area (Å²) in [5.74, 6) is 1.72. The minimum atomic E-state index is 0.503. The molecule has 0 radical (unpaired) electrons. The maximum Gasteiger partial charge on any atom is 0.0951 e. The first-order valence-corrected chi connectivity index (χ1v) is 7.95. The molecule has 1 aliphatic heterocycles. The van der Waals surface area contributed by atoms with Crippen molar-refractivity contribution in [1.29, 1.82) is 0 Å². The van der Waals surface area contributed by atoms with Gasteiger partial charge in [0.1, 0.15) is 0 Å². The van der Waals surface area contributed by atoms with Crippen molar-refractivity contribution < 1.29 is 0 Å². The van der Waals surface area contributed by atoms with Crippen LogP contribution in [0.3, 0.4) is 0 Å². The molecule has 3 rings (SSSR count). The Morgan fingerprint density at radius 2 is 1.90 bits per heavy atom. The van der Waals surface area contributed by atoms with Crippen molar-refractivity contribution in [3.63, 3.8) is 0 Å². The molecule has 1 saturated heterocycles. The summed E-state index contributed by atoms with van der Waals surface area (Å²) in [6.45, 7) is 8.02. The molecule has 1 aromatic heterocycles. The van der Waals surface area contributed by atoms with E-state index in [2.05, 4.69) is 47.3 Å². The van der Waals surface area contributed by atoms with Crippen molar-refractivity contribution in [1.82, 2.24) is 19.4 Å². The molecule has 0 aromatic carbocycles. The van der Waals surface area contributed by atoms with Crippen LogP contribution in [0.5, 0.6) is 0 Å². The highest BCUT2D eigenvalue weighted by molar-refractivity contribution is 5.03. The van der Waals surface area contributed by atoms with Crippen molar-refractivity contribution in [3.05, 3.63) is 18.2 Å². The van der Waals surface area contributed by atoms with Crippen LogP contribution in [0.25, 0.3) is 0 Å². The van der Waals surface area contributed by atoms with E-state index in [1.807, 2.05) is 12.5 Å². The van der Waals surface area contributed by atoms with Crippen LogP contribution in [-0.2, 0) is 6.54 Å². The van der Waals surface area contributed by atoms with Gasteiger partial charge >= 0.3 is 0 Å². The lowest BCUT2D eigenvalue weighted by Crippen LogP contribution is -2.50. The van der Waals surface area contributed by atoms with E-state index in [0.29, 0.717) is 6.04 Å². The zero-order chi connectivity index (χ0) is 14.3. The van der Waals surface area contributed by atoms with Gasteiger partial charge in [0, 0.05) is 37.9 Å². The van der Waals surface area contributed by atoms with Crippen LogP contribution < -0.4 is 0 Å². The molecule has 0 amide bonds. The third-order valence-corrected chi connectivity index (χ3v) is 5.14. The lowest BCUT2D eigenvalue weighted by atomic mass is 9.91. The van der Waals surface area contributed by atoms with Gasteiger partial charge in [-0.15, -0.1) is 0 Å². The first-order chi connectivity index (χ1) is 9.56. The molecule has 2 aliphatic rings. The Hall–Kier alpha value is -0.870. The number of hydrogen-bond donors (Lipinski definition) is 0. The quantitative estimate of drug-likeness (QED) is 0.843. The Morgan fingerprint density at radius 3 is 2.45 bits per heavy atom. The Balaban J connectivity index is 1.68. The molecule has 2 unspecified atom stereocenters. The predicted molar refractivity (Wildman–Crippen MR) is 81.6 cm³/mol. The van der Waals surface area contributed by atoms with E-state index in [-0.39, 0.29) is 0 Å². The van der Waals surface area contributed by atoms with Crippen molar-refractivity contribution in [2.75, 3.05) is 27.2 Å². The van der Waals surface area contributed by atoms with E-state index in [1.165, 1.54) is 31.6 Å². The number of rotatable bonds is 4. The van der Waals surface area contributed by atoms with Gasteiger partial charge in [0.05, 0.1) is 12.0 Å². The first-order valence-electron chi connectivity index (χ1n) is 7.95. The first kappa shape index (κ1) is 14.1. The highest BCUT2D eigenvalue weighted by atomic mass is 15.2. The van der Waals surface area contributed by atoms with Gasteiger partial charge in [0.2, 0.25) is 0 Å². The molecule has 112 valence electrons. The molecule has 0 N–H and O–H groups in total. The van der Waals surface area contributed by atoms with Crippen LogP contribution >= 0.6 is 0 Å². The normalized spacial score (nSPS) is 30.6. The van der Waals surface area contributed by atoms with Gasteiger partial charge in [-0.05, 0) is 52.6 Å². The number of fused-ring (bicyclic) bond motifs is 2. The Labute approximate surface area is 122 Å². The van der Waals surface area contributed by atoms with Crippen LogP contribution in [0.2, 0.25) is 0 Å². The summed E-state index contributed by atoms with van der Waals surface area (Å²) in [4.78, 5) is 9.44. The smallest absolute Gasteiger partial charge is 0.0951 e. The largest absolute Gasteiger partial charge is 0.331 e. The summed E-state index contributed by atoms with van der Waals surface area (Å²) in [6.07, 6.45) is 6.84. The molecule has 20 heavy (non-hydrogen) atoms. The molecule has 1 saturated carbocycles. The molecule has 1 aliphatic carbocycles. The number of hydrogen-bond acceptors (Lipinski definition) is 3. The third kappa shape index (κ3) is 2.51. The number of likely N-dealkylation sites (tertiary alicyclic amines) is 1. The zero-order valence-corrected chi connectivity index (χ0v) is 13.3. The molecule has 2 heterocycles. The number of nitrogens with zero attached hydrogens (tertiary/aromatic N) is 4. The summed E-state index contributed by atoms with van der Waals surface area (Å²) in [7, 11) is 4.50. The third-order valence-electron chi connectivity index (χ3n) is 5.14. The molecule has 4 nitrogen and oxygen atoms in total. The van der Waals surface area contributed by atoms with E-state index in [0.717, 1.165) is 24.4 Å². The van der Waals surface area contributed by atoms with Gasteiger partial charge in [-0.1, -0.05) is 0 Å². The van der Waals surface area contributed by atoms with Gasteiger partial charge in [-0.25, -0.2) is 4.98 Å². The molecular weight excluding hydrogens is 248 g/mol. The minimum Gasteiger partial charge on any atom is -0.331 e. The van der Waals surface area contributed by atoms with Crippen molar-refractivity contribution >= 4 is 0 Å². The summed E-state index contributed by atoms with van der Waals surface area (Å²) in [6, 6.07) is 1.31. The molecule has 2 atom stereocenters. The maximum atomic E-state index is 4.33. The van der Waals surface area contributed by atoms with Gasteiger partial charge < -0.3 is 9.47 Å². The predicted octanol–water partition coefficient (Wildman–Crippen LogP) is 2.24. The van der Waals surface area contributed by atoms with E-state index in [1.54, 1.807) is 0 Å². The number of aromatic nitrogens is 2. The number of imidazole rings is 1. The SMILES string of the molecule is CC(C)n1cncc1CN1CC2CCC(C1)C2N(C)C. The van der Waals surface area contributed by atoms with Crippen LogP contribution in [0.4, 0.5) is 0 Å². The van der Waals surface area contributed by atoms with E-state index in [4.69, 9.17) is 0 Å². The molecule has 1 aromatic rings. The highest BCUT2D eigenvalue weighted by Crippen LogP contribution is 2.39. The fourth-order valence-corrected chi connectivity index (χ4v) is 4.41. The topological polar surface area (TPSA) is 24.3 Å². The van der Waals surface area contributed by atoms with Crippen LogP contribution in [0.1, 0.15) is 38.4 Å².